The van der Waals surface area contributed by atoms with E-state index in [0.717, 1.165) is 6.07 Å². The van der Waals surface area contributed by atoms with Gasteiger partial charge in [-0.15, -0.1) is 11.6 Å². The number of benzene rings is 1. The zero-order valence-corrected chi connectivity index (χ0v) is 10.8. The van der Waals surface area contributed by atoms with E-state index >= 15 is 0 Å². The number of ether oxygens (including phenoxy) is 1. The Labute approximate surface area is 109 Å². The van der Waals surface area contributed by atoms with E-state index in [1.807, 2.05) is 0 Å². The standard InChI is InChI=1S/C12H13ClFNO3/c1-7(6-13)11(16)15-10-5-8(12(17)18-2)3-4-9(10)14/h3-5,7H,6H2,1-2H3,(H,15,16). The van der Waals surface area contributed by atoms with E-state index in [-0.39, 0.29) is 17.1 Å². The third-order valence-electron chi connectivity index (χ3n) is 2.32. The number of methoxy groups -OCH3 is 1. The van der Waals surface area contributed by atoms with Gasteiger partial charge >= 0.3 is 5.97 Å². The van der Waals surface area contributed by atoms with Gasteiger partial charge in [-0.1, -0.05) is 6.92 Å². The molecule has 1 atom stereocenters. The van der Waals surface area contributed by atoms with Crippen LogP contribution in [0.2, 0.25) is 0 Å². The van der Waals surface area contributed by atoms with Crippen LogP contribution >= 0.6 is 11.6 Å². The number of amides is 1. The van der Waals surface area contributed by atoms with Crippen molar-refractivity contribution in [1.82, 2.24) is 0 Å². The van der Waals surface area contributed by atoms with Crippen LogP contribution in [0.5, 0.6) is 0 Å². The average molecular weight is 274 g/mol. The second kappa shape index (κ2) is 6.35. The fourth-order valence-corrected chi connectivity index (χ4v) is 1.33. The average Bonchev–Trinajstić information content (AvgIpc) is 2.39. The molecule has 0 radical (unpaired) electrons. The first-order chi connectivity index (χ1) is 8.49. The number of hydrogen-bond acceptors (Lipinski definition) is 3. The Morgan fingerprint density at radius 3 is 2.72 bits per heavy atom. The summed E-state index contributed by atoms with van der Waals surface area (Å²) >= 11 is 5.53. The maximum absolute atomic E-state index is 13.5. The fourth-order valence-electron chi connectivity index (χ4n) is 1.19. The van der Waals surface area contributed by atoms with Crippen molar-refractivity contribution in [3.05, 3.63) is 29.6 Å². The molecular weight excluding hydrogens is 261 g/mol. The molecular formula is C12H13ClFNO3. The molecule has 0 aliphatic carbocycles. The third-order valence-corrected chi connectivity index (χ3v) is 2.79. The Bertz CT molecular complexity index is 465. The maximum atomic E-state index is 13.5. The van der Waals surface area contributed by atoms with Gasteiger partial charge in [0.1, 0.15) is 5.82 Å². The van der Waals surface area contributed by atoms with Gasteiger partial charge in [-0.25, -0.2) is 9.18 Å². The van der Waals surface area contributed by atoms with Crippen LogP contribution < -0.4 is 5.32 Å². The second-order valence-corrected chi connectivity index (χ2v) is 4.04. The highest BCUT2D eigenvalue weighted by molar-refractivity contribution is 6.19. The first-order valence-electron chi connectivity index (χ1n) is 5.24. The van der Waals surface area contributed by atoms with Crippen LogP contribution in [0.25, 0.3) is 0 Å². The lowest BCUT2D eigenvalue weighted by atomic mass is 10.1. The molecule has 0 fully saturated rings. The van der Waals surface area contributed by atoms with E-state index in [4.69, 9.17) is 11.6 Å². The molecule has 1 aromatic rings. The number of nitrogens with one attached hydrogen (secondary N) is 1. The van der Waals surface area contributed by atoms with Gasteiger partial charge in [0.2, 0.25) is 5.91 Å². The second-order valence-electron chi connectivity index (χ2n) is 3.73. The van der Waals surface area contributed by atoms with Crippen LogP contribution in [0.3, 0.4) is 0 Å². The van der Waals surface area contributed by atoms with Crippen molar-refractivity contribution in [3.63, 3.8) is 0 Å². The summed E-state index contributed by atoms with van der Waals surface area (Å²) < 4.78 is 18.0. The quantitative estimate of drug-likeness (QED) is 0.677. The van der Waals surface area contributed by atoms with Gasteiger partial charge in [0, 0.05) is 11.8 Å². The Hall–Kier alpha value is -1.62. The van der Waals surface area contributed by atoms with Gasteiger partial charge in [-0.2, -0.15) is 0 Å². The molecule has 0 saturated heterocycles. The lowest BCUT2D eigenvalue weighted by molar-refractivity contribution is -0.118. The predicted octanol–water partition coefficient (Wildman–Crippen LogP) is 2.43. The molecule has 0 aliphatic rings. The van der Waals surface area contributed by atoms with Crippen molar-refractivity contribution in [3.8, 4) is 0 Å². The molecule has 98 valence electrons. The minimum atomic E-state index is -0.627. The smallest absolute Gasteiger partial charge is 0.337 e. The molecule has 1 aromatic carbocycles. The van der Waals surface area contributed by atoms with Gasteiger partial charge in [0.15, 0.2) is 0 Å². The zero-order valence-electron chi connectivity index (χ0n) is 10.00. The summed E-state index contributed by atoms with van der Waals surface area (Å²) in [5.41, 5.74) is 0.0904. The van der Waals surface area contributed by atoms with Crippen molar-refractivity contribution >= 4 is 29.2 Å². The Morgan fingerprint density at radius 1 is 1.50 bits per heavy atom. The molecule has 0 bridgehead atoms. The predicted molar refractivity (Wildman–Crippen MR) is 66.3 cm³/mol. The minimum absolute atomic E-state index is 0.0696. The van der Waals surface area contributed by atoms with E-state index in [2.05, 4.69) is 10.1 Å². The molecule has 4 nitrogen and oxygen atoms in total. The van der Waals surface area contributed by atoms with Crippen LogP contribution in [0.15, 0.2) is 18.2 Å². The highest BCUT2D eigenvalue weighted by Crippen LogP contribution is 2.18. The molecule has 0 spiro atoms. The van der Waals surface area contributed by atoms with Gasteiger partial charge in [0.05, 0.1) is 18.4 Å². The summed E-state index contributed by atoms with van der Waals surface area (Å²) in [6.07, 6.45) is 0. The number of hydrogen-bond donors (Lipinski definition) is 1. The summed E-state index contributed by atoms with van der Waals surface area (Å²) in [6, 6.07) is 3.59. The Kier molecular flexibility index (Phi) is 5.09. The summed E-state index contributed by atoms with van der Waals surface area (Å²) in [5, 5.41) is 2.37. The van der Waals surface area contributed by atoms with E-state index < -0.39 is 23.6 Å². The number of carbonyl (C=O) groups is 2. The van der Waals surface area contributed by atoms with Crippen molar-refractivity contribution in [2.45, 2.75) is 6.92 Å². The molecule has 18 heavy (non-hydrogen) atoms. The van der Waals surface area contributed by atoms with Crippen LogP contribution in [0.4, 0.5) is 10.1 Å². The van der Waals surface area contributed by atoms with Crippen molar-refractivity contribution in [2.24, 2.45) is 5.92 Å². The highest BCUT2D eigenvalue weighted by Gasteiger charge is 2.15. The minimum Gasteiger partial charge on any atom is -0.465 e. The summed E-state index contributed by atoms with van der Waals surface area (Å²) in [4.78, 5) is 22.8. The lowest BCUT2D eigenvalue weighted by Gasteiger charge is -2.11. The van der Waals surface area contributed by atoms with Gasteiger partial charge < -0.3 is 10.1 Å². The van der Waals surface area contributed by atoms with Gasteiger partial charge in [-0.05, 0) is 18.2 Å². The van der Waals surface area contributed by atoms with Gasteiger partial charge in [-0.3, -0.25) is 4.79 Å². The van der Waals surface area contributed by atoms with E-state index in [1.165, 1.54) is 19.2 Å². The number of esters is 1. The zero-order chi connectivity index (χ0) is 13.7. The molecule has 0 aliphatic heterocycles. The molecule has 0 saturated carbocycles. The molecule has 1 rings (SSSR count). The summed E-state index contributed by atoms with van der Waals surface area (Å²) in [6.45, 7) is 1.62. The first-order valence-corrected chi connectivity index (χ1v) is 5.77. The van der Waals surface area contributed by atoms with E-state index in [1.54, 1.807) is 6.92 Å². The Balaban J connectivity index is 2.94. The van der Waals surface area contributed by atoms with Gasteiger partial charge in [0.25, 0.3) is 0 Å². The number of rotatable bonds is 4. The number of anilines is 1. The number of alkyl halides is 1. The van der Waals surface area contributed by atoms with Crippen molar-refractivity contribution in [1.29, 1.82) is 0 Å². The topological polar surface area (TPSA) is 55.4 Å². The first kappa shape index (κ1) is 14.4. The molecule has 1 amide bonds. The van der Waals surface area contributed by atoms with E-state index in [9.17, 15) is 14.0 Å². The van der Waals surface area contributed by atoms with E-state index in [0.29, 0.717) is 0 Å². The number of carbonyl (C=O) groups excluding carboxylic acids is 2. The van der Waals surface area contributed by atoms with Crippen molar-refractivity contribution < 1.29 is 18.7 Å². The molecule has 6 heteroatoms. The largest absolute Gasteiger partial charge is 0.465 e. The summed E-state index contributed by atoms with van der Waals surface area (Å²) in [5.74, 6) is -1.96. The monoisotopic (exact) mass is 273 g/mol. The summed E-state index contributed by atoms with van der Waals surface area (Å²) in [7, 11) is 1.22. The van der Waals surface area contributed by atoms with Crippen molar-refractivity contribution in [2.75, 3.05) is 18.3 Å². The number of halogens is 2. The Morgan fingerprint density at radius 2 is 2.17 bits per heavy atom. The fraction of sp³-hybridized carbons (Fsp3) is 0.333. The third kappa shape index (κ3) is 3.43. The molecule has 0 aromatic heterocycles. The maximum Gasteiger partial charge on any atom is 0.337 e. The van der Waals surface area contributed by atoms with Crippen LogP contribution in [-0.2, 0) is 9.53 Å². The highest BCUT2D eigenvalue weighted by atomic mass is 35.5. The van der Waals surface area contributed by atoms with Crippen LogP contribution in [0, 0.1) is 11.7 Å². The van der Waals surface area contributed by atoms with Crippen LogP contribution in [-0.4, -0.2) is 24.9 Å². The molecule has 0 heterocycles. The normalized spacial score (nSPS) is 11.8. The molecule has 1 N–H and O–H groups in total. The van der Waals surface area contributed by atoms with Crippen LogP contribution in [0.1, 0.15) is 17.3 Å². The SMILES string of the molecule is COC(=O)c1ccc(F)c(NC(=O)C(C)CCl)c1. The lowest BCUT2D eigenvalue weighted by Crippen LogP contribution is -2.22. The molecule has 1 unspecified atom stereocenters.